The first kappa shape index (κ1) is 18.5. The second-order valence-corrected chi connectivity index (χ2v) is 9.55. The van der Waals surface area contributed by atoms with Crippen molar-refractivity contribution in [2.45, 2.75) is 65.3 Å². The van der Waals surface area contributed by atoms with Gasteiger partial charge in [0.2, 0.25) is 5.91 Å². The summed E-state index contributed by atoms with van der Waals surface area (Å²) in [5, 5.41) is 5.98. The lowest BCUT2D eigenvalue weighted by atomic mass is 9.48. The van der Waals surface area contributed by atoms with Crippen LogP contribution in [-0.4, -0.2) is 24.4 Å². The number of aryl methyl sites for hydroxylation is 2. The SMILES string of the molecule is Cc1ccc(C(=O)NCC(=O)N[C@H](C)C23CC4CC(CC(C4)C2)C3)cc1C. The summed E-state index contributed by atoms with van der Waals surface area (Å²) in [5.41, 5.74) is 3.15. The molecule has 2 N–H and O–H groups in total. The first-order valence-electron chi connectivity index (χ1n) is 10.5. The summed E-state index contributed by atoms with van der Waals surface area (Å²) in [6.07, 6.45) is 8.05. The van der Waals surface area contributed by atoms with Crippen molar-refractivity contribution in [3.05, 3.63) is 34.9 Å². The van der Waals surface area contributed by atoms with Crippen molar-refractivity contribution in [1.29, 1.82) is 0 Å². The maximum absolute atomic E-state index is 12.5. The zero-order valence-corrected chi connectivity index (χ0v) is 16.8. The highest BCUT2D eigenvalue weighted by molar-refractivity contribution is 5.96. The van der Waals surface area contributed by atoms with Crippen molar-refractivity contribution in [1.82, 2.24) is 10.6 Å². The fourth-order valence-corrected chi connectivity index (χ4v) is 6.30. The monoisotopic (exact) mass is 368 g/mol. The Kier molecular flexibility index (Phi) is 4.77. The van der Waals surface area contributed by atoms with Crippen LogP contribution in [0.25, 0.3) is 0 Å². The molecule has 27 heavy (non-hydrogen) atoms. The van der Waals surface area contributed by atoms with Gasteiger partial charge in [-0.2, -0.15) is 0 Å². The highest BCUT2D eigenvalue weighted by Crippen LogP contribution is 2.61. The second kappa shape index (κ2) is 6.96. The van der Waals surface area contributed by atoms with Gasteiger partial charge in [0.15, 0.2) is 0 Å². The third-order valence-corrected chi connectivity index (χ3v) is 7.56. The Hall–Kier alpha value is -1.84. The fourth-order valence-electron chi connectivity index (χ4n) is 6.30. The molecule has 0 spiro atoms. The molecule has 4 aliphatic carbocycles. The molecule has 0 radical (unpaired) electrons. The highest BCUT2D eigenvalue weighted by atomic mass is 16.2. The van der Waals surface area contributed by atoms with Gasteiger partial charge in [-0.05, 0) is 106 Å². The Morgan fingerprint density at radius 2 is 1.63 bits per heavy atom. The lowest BCUT2D eigenvalue weighted by Gasteiger charge is -2.59. The number of carbonyl (C=O) groups is 2. The van der Waals surface area contributed by atoms with E-state index in [1.165, 1.54) is 38.5 Å². The first-order valence-corrected chi connectivity index (χ1v) is 10.5. The number of carbonyl (C=O) groups excluding carboxylic acids is 2. The predicted octanol–water partition coefficient (Wildman–Crippen LogP) is 3.75. The van der Waals surface area contributed by atoms with E-state index < -0.39 is 0 Å². The van der Waals surface area contributed by atoms with Crippen molar-refractivity contribution >= 4 is 11.8 Å². The van der Waals surface area contributed by atoms with Crippen LogP contribution in [0.5, 0.6) is 0 Å². The molecule has 5 rings (SSSR count). The van der Waals surface area contributed by atoms with Gasteiger partial charge < -0.3 is 10.6 Å². The molecule has 2 amide bonds. The van der Waals surface area contributed by atoms with Crippen LogP contribution in [0.3, 0.4) is 0 Å². The minimum Gasteiger partial charge on any atom is -0.352 e. The van der Waals surface area contributed by atoms with Crippen molar-refractivity contribution in [3.63, 3.8) is 0 Å². The van der Waals surface area contributed by atoms with Crippen LogP contribution in [0.4, 0.5) is 0 Å². The minimum atomic E-state index is -0.185. The average molecular weight is 369 g/mol. The number of benzene rings is 1. The second-order valence-electron chi connectivity index (χ2n) is 9.55. The molecule has 0 aliphatic heterocycles. The molecule has 4 fully saturated rings. The van der Waals surface area contributed by atoms with Crippen molar-refractivity contribution in [2.75, 3.05) is 6.54 Å². The lowest BCUT2D eigenvalue weighted by Crippen LogP contribution is -2.56. The smallest absolute Gasteiger partial charge is 0.251 e. The maximum Gasteiger partial charge on any atom is 0.251 e. The van der Waals surface area contributed by atoms with Crippen LogP contribution < -0.4 is 10.6 Å². The van der Waals surface area contributed by atoms with E-state index in [0.29, 0.717) is 11.0 Å². The van der Waals surface area contributed by atoms with Crippen LogP contribution in [0.1, 0.15) is 66.9 Å². The van der Waals surface area contributed by atoms with Gasteiger partial charge in [-0.1, -0.05) is 6.07 Å². The average Bonchev–Trinajstić information content (AvgIpc) is 2.61. The Labute approximate surface area is 162 Å². The molecule has 1 aromatic rings. The summed E-state index contributed by atoms with van der Waals surface area (Å²) in [4.78, 5) is 24.8. The van der Waals surface area contributed by atoms with E-state index in [4.69, 9.17) is 0 Å². The molecular formula is C23H32N2O2. The van der Waals surface area contributed by atoms with Crippen LogP contribution in [0.2, 0.25) is 0 Å². The molecule has 0 heterocycles. The molecular weight excluding hydrogens is 336 g/mol. The molecule has 4 aliphatic rings. The fraction of sp³-hybridized carbons (Fsp3) is 0.652. The number of rotatable bonds is 5. The standard InChI is InChI=1S/C23H32N2O2/c1-14-4-5-20(6-15(14)2)22(27)24-13-21(26)25-16(3)23-10-17-7-18(11-23)9-19(8-17)12-23/h4-6,16-19H,7-13H2,1-3H3,(H,24,27)(H,25,26)/t16-,17?,18?,19?,23?/m1/s1. The van der Waals surface area contributed by atoms with Crippen LogP contribution in [0.15, 0.2) is 18.2 Å². The Balaban J connectivity index is 1.31. The maximum atomic E-state index is 12.5. The summed E-state index contributed by atoms with van der Waals surface area (Å²) in [7, 11) is 0. The third-order valence-electron chi connectivity index (χ3n) is 7.56. The van der Waals surface area contributed by atoms with Gasteiger partial charge in [0, 0.05) is 11.6 Å². The van der Waals surface area contributed by atoms with E-state index in [1.807, 2.05) is 32.0 Å². The molecule has 4 heteroatoms. The Morgan fingerprint density at radius 1 is 1.04 bits per heavy atom. The Morgan fingerprint density at radius 3 is 2.19 bits per heavy atom. The largest absolute Gasteiger partial charge is 0.352 e. The zero-order chi connectivity index (χ0) is 19.2. The summed E-state index contributed by atoms with van der Waals surface area (Å²) in [5.74, 6) is 2.37. The van der Waals surface area contributed by atoms with E-state index in [1.54, 1.807) is 0 Å². The number of nitrogens with one attached hydrogen (secondary N) is 2. The summed E-state index contributed by atoms with van der Waals surface area (Å²) in [6.45, 7) is 6.24. The van der Waals surface area contributed by atoms with Crippen LogP contribution in [-0.2, 0) is 4.79 Å². The topological polar surface area (TPSA) is 58.2 Å². The van der Waals surface area contributed by atoms with Gasteiger partial charge in [0.05, 0.1) is 6.54 Å². The summed E-state index contributed by atoms with van der Waals surface area (Å²) in [6, 6.07) is 5.82. The molecule has 4 saturated carbocycles. The third kappa shape index (κ3) is 3.63. The van der Waals surface area contributed by atoms with E-state index in [9.17, 15) is 9.59 Å². The molecule has 0 aromatic heterocycles. The van der Waals surface area contributed by atoms with E-state index in [0.717, 1.165) is 28.9 Å². The van der Waals surface area contributed by atoms with Crippen molar-refractivity contribution < 1.29 is 9.59 Å². The molecule has 0 unspecified atom stereocenters. The number of hydrogen-bond acceptors (Lipinski definition) is 2. The minimum absolute atomic E-state index is 0.0441. The molecule has 4 bridgehead atoms. The van der Waals surface area contributed by atoms with Crippen LogP contribution in [0, 0.1) is 37.0 Å². The highest BCUT2D eigenvalue weighted by Gasteiger charge is 2.53. The van der Waals surface area contributed by atoms with Crippen LogP contribution >= 0.6 is 0 Å². The molecule has 1 atom stereocenters. The van der Waals surface area contributed by atoms with Gasteiger partial charge in [-0.25, -0.2) is 0 Å². The van der Waals surface area contributed by atoms with Gasteiger partial charge in [0.1, 0.15) is 0 Å². The van der Waals surface area contributed by atoms with Crippen molar-refractivity contribution in [3.8, 4) is 0 Å². The first-order chi connectivity index (χ1) is 12.8. The van der Waals surface area contributed by atoms with Gasteiger partial charge in [0.25, 0.3) is 5.91 Å². The van der Waals surface area contributed by atoms with E-state index >= 15 is 0 Å². The molecule has 4 nitrogen and oxygen atoms in total. The molecule has 0 saturated heterocycles. The Bertz CT molecular complexity index is 719. The van der Waals surface area contributed by atoms with E-state index in [2.05, 4.69) is 17.6 Å². The summed E-state index contributed by atoms with van der Waals surface area (Å²) >= 11 is 0. The quantitative estimate of drug-likeness (QED) is 0.831. The van der Waals surface area contributed by atoms with Gasteiger partial charge in [-0.15, -0.1) is 0 Å². The predicted molar refractivity (Wildman–Crippen MR) is 106 cm³/mol. The van der Waals surface area contributed by atoms with E-state index in [-0.39, 0.29) is 24.4 Å². The van der Waals surface area contributed by atoms with Gasteiger partial charge >= 0.3 is 0 Å². The normalized spacial score (nSPS) is 32.2. The number of hydrogen-bond donors (Lipinski definition) is 2. The van der Waals surface area contributed by atoms with Crippen molar-refractivity contribution in [2.24, 2.45) is 23.2 Å². The molecule has 146 valence electrons. The number of amides is 2. The summed E-state index contributed by atoms with van der Waals surface area (Å²) < 4.78 is 0. The lowest BCUT2D eigenvalue weighted by molar-refractivity contribution is -0.124. The zero-order valence-electron chi connectivity index (χ0n) is 16.8. The molecule has 1 aromatic carbocycles. The van der Waals surface area contributed by atoms with Gasteiger partial charge in [-0.3, -0.25) is 9.59 Å².